The first-order valence-corrected chi connectivity index (χ1v) is 8.59. The molecule has 0 bridgehead atoms. The molecule has 0 saturated carbocycles. The Balaban J connectivity index is 1.54. The number of pyridine rings is 1. The molecule has 1 fully saturated rings. The number of furan rings is 1. The second kappa shape index (κ2) is 6.58. The van der Waals surface area contributed by atoms with Crippen molar-refractivity contribution in [3.8, 4) is 11.4 Å². The summed E-state index contributed by atoms with van der Waals surface area (Å²) >= 11 is 0. The Morgan fingerprint density at radius 2 is 2.04 bits per heavy atom. The van der Waals surface area contributed by atoms with E-state index in [4.69, 9.17) is 4.42 Å². The molecule has 0 unspecified atom stereocenters. The number of hydrogen-bond acceptors (Lipinski definition) is 6. The van der Waals surface area contributed by atoms with Crippen LogP contribution in [0.4, 0.5) is 11.6 Å². The number of nitrogens with zero attached hydrogens (tertiary/aromatic N) is 5. The van der Waals surface area contributed by atoms with E-state index in [2.05, 4.69) is 31.5 Å². The summed E-state index contributed by atoms with van der Waals surface area (Å²) in [5.41, 5.74) is 3.25. The summed E-state index contributed by atoms with van der Waals surface area (Å²) in [7, 11) is 1.95. The third-order valence-electron chi connectivity index (χ3n) is 4.70. The van der Waals surface area contributed by atoms with Crippen molar-refractivity contribution >= 4 is 11.6 Å². The van der Waals surface area contributed by atoms with Crippen molar-refractivity contribution in [2.75, 3.05) is 23.3 Å². The molecule has 0 aromatic carbocycles. The maximum absolute atomic E-state index is 5.45. The van der Waals surface area contributed by atoms with Crippen LogP contribution in [0.15, 0.2) is 35.2 Å². The van der Waals surface area contributed by atoms with Gasteiger partial charge < -0.3 is 14.6 Å². The van der Waals surface area contributed by atoms with Gasteiger partial charge in [-0.2, -0.15) is 0 Å². The summed E-state index contributed by atoms with van der Waals surface area (Å²) in [6.45, 7) is 4.80. The molecular weight excluding hydrogens is 316 g/mol. The number of rotatable bonds is 5. The van der Waals surface area contributed by atoms with Crippen LogP contribution in [-0.2, 0) is 13.6 Å². The lowest BCUT2D eigenvalue weighted by Crippen LogP contribution is -2.17. The Morgan fingerprint density at radius 3 is 2.80 bits per heavy atom. The van der Waals surface area contributed by atoms with Gasteiger partial charge in [-0.05, 0) is 37.5 Å². The van der Waals surface area contributed by atoms with Crippen molar-refractivity contribution in [2.45, 2.75) is 26.3 Å². The minimum Gasteiger partial charge on any atom is -0.467 e. The molecule has 130 valence electrons. The second-order valence-electron chi connectivity index (χ2n) is 6.41. The maximum atomic E-state index is 5.45. The van der Waals surface area contributed by atoms with Crippen molar-refractivity contribution < 1.29 is 4.42 Å². The molecule has 1 saturated heterocycles. The van der Waals surface area contributed by atoms with Crippen LogP contribution in [0.3, 0.4) is 0 Å². The fraction of sp³-hybridized carbons (Fsp3) is 0.389. The van der Waals surface area contributed by atoms with Crippen molar-refractivity contribution in [1.82, 2.24) is 19.7 Å². The highest BCUT2D eigenvalue weighted by Gasteiger charge is 2.16. The fourth-order valence-corrected chi connectivity index (χ4v) is 3.18. The van der Waals surface area contributed by atoms with Crippen molar-refractivity contribution in [1.29, 1.82) is 0 Å². The molecule has 0 radical (unpaired) electrons. The van der Waals surface area contributed by atoms with Crippen molar-refractivity contribution in [2.24, 2.45) is 7.05 Å². The first kappa shape index (κ1) is 15.7. The number of hydrogen-bond donors (Lipinski definition) is 1. The summed E-state index contributed by atoms with van der Waals surface area (Å²) in [5, 5.41) is 11.9. The molecule has 4 rings (SSSR count). The summed E-state index contributed by atoms with van der Waals surface area (Å²) in [4.78, 5) is 6.76. The van der Waals surface area contributed by atoms with Gasteiger partial charge in [-0.3, -0.25) is 9.55 Å². The van der Waals surface area contributed by atoms with Crippen LogP contribution in [-0.4, -0.2) is 32.8 Å². The Bertz CT molecular complexity index is 862. The van der Waals surface area contributed by atoms with Gasteiger partial charge in [-0.15, -0.1) is 10.2 Å². The highest BCUT2D eigenvalue weighted by atomic mass is 16.3. The number of nitrogens with one attached hydrogen (secondary N) is 1. The van der Waals surface area contributed by atoms with Crippen LogP contribution in [0, 0.1) is 6.92 Å². The minimum absolute atomic E-state index is 0.580. The van der Waals surface area contributed by atoms with Gasteiger partial charge >= 0.3 is 0 Å². The predicted molar refractivity (Wildman–Crippen MR) is 96.5 cm³/mol. The largest absolute Gasteiger partial charge is 0.467 e. The Hall–Kier alpha value is -2.83. The van der Waals surface area contributed by atoms with Gasteiger partial charge in [0.15, 0.2) is 5.82 Å². The van der Waals surface area contributed by atoms with E-state index >= 15 is 0 Å². The van der Waals surface area contributed by atoms with E-state index in [-0.39, 0.29) is 0 Å². The predicted octanol–water partition coefficient (Wildman–Crippen LogP) is 2.99. The van der Waals surface area contributed by atoms with Crippen molar-refractivity contribution in [3.05, 3.63) is 42.1 Å². The molecule has 1 N–H and O–H groups in total. The monoisotopic (exact) mass is 338 g/mol. The lowest BCUT2D eigenvalue weighted by molar-refractivity contribution is 0.514. The first-order chi connectivity index (χ1) is 12.2. The average Bonchev–Trinajstić information content (AvgIpc) is 3.35. The smallest absolute Gasteiger partial charge is 0.225 e. The second-order valence-corrected chi connectivity index (χ2v) is 6.41. The van der Waals surface area contributed by atoms with Crippen molar-refractivity contribution in [3.63, 3.8) is 0 Å². The minimum atomic E-state index is 0.580. The standard InChI is InChI=1S/C18H22N6O/c1-13-5-8-25-16(13)12-20-18-22-21-17(23(18)2)14-9-15(11-19-10-14)24-6-3-4-7-24/h5,8-11H,3-4,6-7,12H2,1-2H3,(H,20,22). The molecule has 7 heteroatoms. The quantitative estimate of drug-likeness (QED) is 0.771. The Labute approximate surface area is 146 Å². The normalized spacial score (nSPS) is 14.2. The molecule has 7 nitrogen and oxygen atoms in total. The lowest BCUT2D eigenvalue weighted by Gasteiger charge is -2.17. The summed E-state index contributed by atoms with van der Waals surface area (Å²) < 4.78 is 7.40. The van der Waals surface area contributed by atoms with Gasteiger partial charge in [-0.1, -0.05) is 0 Å². The fourth-order valence-electron chi connectivity index (χ4n) is 3.18. The van der Waals surface area contributed by atoms with Crippen LogP contribution in [0.1, 0.15) is 24.2 Å². The van der Waals surface area contributed by atoms with E-state index in [9.17, 15) is 0 Å². The molecule has 0 atom stereocenters. The maximum Gasteiger partial charge on any atom is 0.225 e. The van der Waals surface area contributed by atoms with Crippen LogP contribution in [0.25, 0.3) is 11.4 Å². The first-order valence-electron chi connectivity index (χ1n) is 8.59. The molecule has 0 amide bonds. The summed E-state index contributed by atoms with van der Waals surface area (Å²) in [6.07, 6.45) is 7.95. The van der Waals surface area contributed by atoms with E-state index < -0.39 is 0 Å². The van der Waals surface area contributed by atoms with Crippen LogP contribution in [0.5, 0.6) is 0 Å². The molecule has 1 aliphatic rings. The third-order valence-corrected chi connectivity index (χ3v) is 4.70. The van der Waals surface area contributed by atoms with E-state index in [0.29, 0.717) is 12.5 Å². The Morgan fingerprint density at radius 1 is 1.20 bits per heavy atom. The van der Waals surface area contributed by atoms with Crippen LogP contribution in [0.2, 0.25) is 0 Å². The lowest BCUT2D eigenvalue weighted by atomic mass is 10.2. The van der Waals surface area contributed by atoms with E-state index in [0.717, 1.165) is 41.5 Å². The topological polar surface area (TPSA) is 72.0 Å². The summed E-state index contributed by atoms with van der Waals surface area (Å²) in [6, 6.07) is 4.09. The van der Waals surface area contributed by atoms with E-state index in [1.165, 1.54) is 12.8 Å². The molecule has 1 aliphatic heterocycles. The van der Waals surface area contributed by atoms with Gasteiger partial charge in [0.25, 0.3) is 0 Å². The third kappa shape index (κ3) is 3.09. The number of anilines is 2. The van der Waals surface area contributed by atoms with Crippen LogP contribution < -0.4 is 10.2 Å². The highest BCUT2D eigenvalue weighted by Crippen LogP contribution is 2.25. The SMILES string of the molecule is Cc1ccoc1CNc1nnc(-c2cncc(N3CCCC3)c2)n1C. The molecule has 25 heavy (non-hydrogen) atoms. The zero-order valence-corrected chi connectivity index (χ0v) is 14.6. The number of aromatic nitrogens is 4. The van der Waals surface area contributed by atoms with E-state index in [1.54, 1.807) is 6.26 Å². The van der Waals surface area contributed by atoms with E-state index in [1.807, 2.05) is 37.0 Å². The van der Waals surface area contributed by atoms with Gasteiger partial charge in [0.2, 0.25) is 5.95 Å². The molecule has 0 aliphatic carbocycles. The zero-order valence-electron chi connectivity index (χ0n) is 14.6. The molecule has 3 aromatic heterocycles. The Kier molecular flexibility index (Phi) is 4.13. The van der Waals surface area contributed by atoms with Crippen LogP contribution >= 0.6 is 0 Å². The van der Waals surface area contributed by atoms with Gasteiger partial charge in [0, 0.05) is 31.9 Å². The molecule has 4 heterocycles. The molecule has 0 spiro atoms. The van der Waals surface area contributed by atoms with Gasteiger partial charge in [0.1, 0.15) is 5.76 Å². The summed E-state index contributed by atoms with van der Waals surface area (Å²) in [5.74, 6) is 2.41. The average molecular weight is 338 g/mol. The zero-order chi connectivity index (χ0) is 17.2. The van der Waals surface area contributed by atoms with Gasteiger partial charge in [-0.25, -0.2) is 0 Å². The molecular formula is C18H22N6O. The number of aryl methyl sites for hydroxylation is 1. The molecule has 3 aromatic rings. The van der Waals surface area contributed by atoms with Gasteiger partial charge in [0.05, 0.1) is 24.7 Å². The highest BCUT2D eigenvalue weighted by molar-refractivity contribution is 5.63.